The molecule has 31 heavy (non-hydrogen) atoms. The SMILES string of the molecule is Cc1cnc(Nc2ccc([N+](=O)[O-])cc2)nc1-c1cnn(C(CC#N)C2CCCC2)c1. The summed E-state index contributed by atoms with van der Waals surface area (Å²) in [6.07, 6.45) is 10.6. The number of nitrogens with zero attached hydrogens (tertiary/aromatic N) is 6. The van der Waals surface area contributed by atoms with Crippen molar-refractivity contribution in [3.05, 3.63) is 58.5 Å². The van der Waals surface area contributed by atoms with E-state index in [0.717, 1.165) is 29.7 Å². The molecular formula is C22H23N7O2. The van der Waals surface area contributed by atoms with Gasteiger partial charge in [0, 0.05) is 35.8 Å². The Kier molecular flexibility index (Phi) is 5.89. The summed E-state index contributed by atoms with van der Waals surface area (Å²) in [5, 5.41) is 27.8. The van der Waals surface area contributed by atoms with E-state index in [1.165, 1.54) is 25.0 Å². The Labute approximate surface area is 179 Å². The van der Waals surface area contributed by atoms with Crippen LogP contribution in [-0.4, -0.2) is 24.7 Å². The van der Waals surface area contributed by atoms with Gasteiger partial charge in [0.2, 0.25) is 5.95 Å². The van der Waals surface area contributed by atoms with Crippen molar-refractivity contribution in [1.82, 2.24) is 19.7 Å². The van der Waals surface area contributed by atoms with Gasteiger partial charge in [0.25, 0.3) is 5.69 Å². The Morgan fingerprint density at radius 3 is 2.71 bits per heavy atom. The lowest BCUT2D eigenvalue weighted by Gasteiger charge is -2.21. The Bertz CT molecular complexity index is 1110. The number of anilines is 2. The first-order valence-corrected chi connectivity index (χ1v) is 10.3. The van der Waals surface area contributed by atoms with Gasteiger partial charge in [0.1, 0.15) is 0 Å². The molecule has 1 aromatic carbocycles. The first kappa shape index (κ1) is 20.5. The summed E-state index contributed by atoms with van der Waals surface area (Å²) >= 11 is 0. The molecule has 9 heteroatoms. The molecule has 1 fully saturated rings. The molecule has 1 saturated carbocycles. The molecular weight excluding hydrogens is 394 g/mol. The number of nitro groups is 1. The average molecular weight is 417 g/mol. The topological polar surface area (TPSA) is 123 Å². The quantitative estimate of drug-likeness (QED) is 0.426. The van der Waals surface area contributed by atoms with Gasteiger partial charge in [-0.1, -0.05) is 12.8 Å². The van der Waals surface area contributed by atoms with Gasteiger partial charge in [0.15, 0.2) is 0 Å². The predicted octanol–water partition coefficient (Wildman–Crippen LogP) is 4.95. The van der Waals surface area contributed by atoms with Gasteiger partial charge in [-0.3, -0.25) is 14.8 Å². The van der Waals surface area contributed by atoms with Crippen molar-refractivity contribution in [3.8, 4) is 17.3 Å². The van der Waals surface area contributed by atoms with Gasteiger partial charge in [-0.05, 0) is 43.4 Å². The molecule has 0 amide bonds. The fourth-order valence-electron chi connectivity index (χ4n) is 4.14. The standard InChI is InChI=1S/C22H23N7O2/c1-15-12-24-22(26-18-6-8-19(9-7-18)29(30)31)27-21(15)17-13-25-28(14-17)20(10-11-23)16-4-2-3-5-16/h6-9,12-14,16,20H,2-5,10H2,1H3,(H,24,26,27). The second-order valence-electron chi connectivity index (χ2n) is 7.84. The fourth-order valence-corrected chi connectivity index (χ4v) is 4.14. The molecule has 3 aromatic rings. The van der Waals surface area contributed by atoms with Gasteiger partial charge < -0.3 is 5.32 Å². The van der Waals surface area contributed by atoms with Crippen molar-refractivity contribution in [2.24, 2.45) is 5.92 Å². The Hall–Kier alpha value is -3.80. The first-order valence-electron chi connectivity index (χ1n) is 10.3. The van der Waals surface area contributed by atoms with Crippen LogP contribution in [0.15, 0.2) is 42.9 Å². The fraction of sp³-hybridized carbons (Fsp3) is 0.364. The third-order valence-corrected chi connectivity index (χ3v) is 5.77. The van der Waals surface area contributed by atoms with E-state index in [-0.39, 0.29) is 11.7 Å². The van der Waals surface area contributed by atoms with Crippen molar-refractivity contribution < 1.29 is 4.92 Å². The highest BCUT2D eigenvalue weighted by Gasteiger charge is 2.27. The molecule has 2 aromatic heterocycles. The largest absolute Gasteiger partial charge is 0.324 e. The van der Waals surface area contributed by atoms with Crippen LogP contribution in [0.1, 0.15) is 43.7 Å². The van der Waals surface area contributed by atoms with E-state index < -0.39 is 4.92 Å². The van der Waals surface area contributed by atoms with Crippen LogP contribution in [0.2, 0.25) is 0 Å². The van der Waals surface area contributed by atoms with Gasteiger partial charge in [-0.25, -0.2) is 9.97 Å². The molecule has 1 aliphatic rings. The van der Waals surface area contributed by atoms with Gasteiger partial charge in [-0.2, -0.15) is 10.4 Å². The van der Waals surface area contributed by atoms with Crippen molar-refractivity contribution >= 4 is 17.3 Å². The Morgan fingerprint density at radius 1 is 1.29 bits per heavy atom. The number of benzene rings is 1. The normalized spacial score (nSPS) is 14.8. The van der Waals surface area contributed by atoms with Crippen LogP contribution in [0.4, 0.5) is 17.3 Å². The first-order chi connectivity index (χ1) is 15.0. The molecule has 0 spiro atoms. The number of aromatic nitrogens is 4. The van der Waals surface area contributed by atoms with Crippen molar-refractivity contribution in [3.63, 3.8) is 0 Å². The maximum atomic E-state index is 10.8. The van der Waals surface area contributed by atoms with E-state index in [0.29, 0.717) is 24.0 Å². The molecule has 0 saturated heterocycles. The number of hydrogen-bond acceptors (Lipinski definition) is 7. The van der Waals surface area contributed by atoms with E-state index in [2.05, 4.69) is 26.5 Å². The third-order valence-electron chi connectivity index (χ3n) is 5.77. The lowest BCUT2D eigenvalue weighted by atomic mass is 9.96. The zero-order chi connectivity index (χ0) is 21.8. The predicted molar refractivity (Wildman–Crippen MR) is 116 cm³/mol. The van der Waals surface area contributed by atoms with Crippen LogP contribution in [0.3, 0.4) is 0 Å². The van der Waals surface area contributed by atoms with Crippen molar-refractivity contribution in [2.75, 3.05) is 5.32 Å². The van der Waals surface area contributed by atoms with E-state index >= 15 is 0 Å². The van der Waals surface area contributed by atoms with Crippen LogP contribution in [0, 0.1) is 34.3 Å². The number of nitrogens with one attached hydrogen (secondary N) is 1. The summed E-state index contributed by atoms with van der Waals surface area (Å²) in [4.78, 5) is 19.3. The van der Waals surface area contributed by atoms with E-state index in [9.17, 15) is 15.4 Å². The lowest BCUT2D eigenvalue weighted by Crippen LogP contribution is -2.17. The minimum atomic E-state index is -0.437. The molecule has 1 aliphatic carbocycles. The van der Waals surface area contributed by atoms with E-state index in [1.807, 2.05) is 17.8 Å². The van der Waals surface area contributed by atoms with Crippen LogP contribution >= 0.6 is 0 Å². The molecule has 0 radical (unpaired) electrons. The summed E-state index contributed by atoms with van der Waals surface area (Å²) in [5.74, 6) is 0.879. The van der Waals surface area contributed by atoms with Crippen LogP contribution in [0.25, 0.3) is 11.3 Å². The zero-order valence-electron chi connectivity index (χ0n) is 17.2. The second-order valence-corrected chi connectivity index (χ2v) is 7.84. The monoisotopic (exact) mass is 417 g/mol. The minimum absolute atomic E-state index is 0.0256. The minimum Gasteiger partial charge on any atom is -0.324 e. The summed E-state index contributed by atoms with van der Waals surface area (Å²) in [7, 11) is 0. The van der Waals surface area contributed by atoms with Crippen LogP contribution < -0.4 is 5.32 Å². The molecule has 1 atom stereocenters. The summed E-state index contributed by atoms with van der Waals surface area (Å²) in [5.41, 5.74) is 3.22. The highest BCUT2D eigenvalue weighted by molar-refractivity contribution is 5.64. The van der Waals surface area contributed by atoms with Crippen LogP contribution in [-0.2, 0) is 0 Å². The number of rotatable bonds is 7. The summed E-state index contributed by atoms with van der Waals surface area (Å²) in [6, 6.07) is 8.49. The Morgan fingerprint density at radius 2 is 2.03 bits per heavy atom. The van der Waals surface area contributed by atoms with Gasteiger partial charge in [-0.15, -0.1) is 0 Å². The van der Waals surface area contributed by atoms with E-state index in [4.69, 9.17) is 0 Å². The number of aryl methyl sites for hydroxylation is 1. The number of nitriles is 1. The molecule has 2 heterocycles. The van der Waals surface area contributed by atoms with Gasteiger partial charge >= 0.3 is 0 Å². The smallest absolute Gasteiger partial charge is 0.269 e. The maximum Gasteiger partial charge on any atom is 0.269 e. The average Bonchev–Trinajstić information content (AvgIpc) is 3.46. The molecule has 158 valence electrons. The van der Waals surface area contributed by atoms with Crippen molar-refractivity contribution in [2.45, 2.75) is 45.1 Å². The second kappa shape index (κ2) is 8.92. The maximum absolute atomic E-state index is 10.8. The molecule has 1 N–H and O–H groups in total. The molecule has 0 aliphatic heterocycles. The molecule has 4 rings (SSSR count). The number of hydrogen-bond donors (Lipinski definition) is 1. The number of non-ortho nitro benzene ring substituents is 1. The highest BCUT2D eigenvalue weighted by Crippen LogP contribution is 2.36. The van der Waals surface area contributed by atoms with Crippen molar-refractivity contribution in [1.29, 1.82) is 5.26 Å². The zero-order valence-corrected chi connectivity index (χ0v) is 17.2. The van der Waals surface area contributed by atoms with Crippen LogP contribution in [0.5, 0.6) is 0 Å². The molecule has 0 bridgehead atoms. The summed E-state index contributed by atoms with van der Waals surface area (Å²) in [6.45, 7) is 1.94. The van der Waals surface area contributed by atoms with Gasteiger partial charge in [0.05, 0.1) is 35.3 Å². The Balaban J connectivity index is 1.57. The number of nitro benzene ring substituents is 1. The van der Waals surface area contributed by atoms with E-state index in [1.54, 1.807) is 24.5 Å². The third kappa shape index (κ3) is 4.53. The summed E-state index contributed by atoms with van der Waals surface area (Å²) < 4.78 is 1.92. The lowest BCUT2D eigenvalue weighted by molar-refractivity contribution is -0.384. The molecule has 1 unspecified atom stereocenters. The highest BCUT2D eigenvalue weighted by atomic mass is 16.6. The molecule has 9 nitrogen and oxygen atoms in total.